The number of fused-ring (bicyclic) bond motifs is 2. The van der Waals surface area contributed by atoms with E-state index in [2.05, 4.69) is 86.7 Å². The first-order valence-electron chi connectivity index (χ1n) is 14.5. The number of allylic oxidation sites excluding steroid dienone is 2. The van der Waals surface area contributed by atoms with Crippen LogP contribution in [0.15, 0.2) is 60.7 Å². The molecule has 4 aliphatic rings. The van der Waals surface area contributed by atoms with Crippen molar-refractivity contribution in [1.82, 2.24) is 0 Å². The first kappa shape index (κ1) is 29.6. The Hall–Kier alpha value is -0.352. The normalized spacial score (nSPS) is 27.1. The van der Waals surface area contributed by atoms with Gasteiger partial charge in [0.2, 0.25) is 0 Å². The van der Waals surface area contributed by atoms with Crippen LogP contribution in [0.2, 0.25) is 36.3 Å². The summed E-state index contributed by atoms with van der Waals surface area (Å²) in [6.07, 6.45) is 19.5. The summed E-state index contributed by atoms with van der Waals surface area (Å²) in [6, 6.07) is 28.8. The largest absolute Gasteiger partial charge is 1.00 e. The molecule has 0 aromatic heterocycles. The van der Waals surface area contributed by atoms with Gasteiger partial charge in [-0.05, 0) is 0 Å². The SMILES string of the molecule is CCCC[Si]1([C]2([Ti+2][C]3([Si]4(CCCC)CCC4)C=Cc4ccccc43)C=Cc3ccccc32)CCC1.[Cl-].[Cl-]. The fourth-order valence-corrected chi connectivity index (χ4v) is 29.9. The summed E-state index contributed by atoms with van der Waals surface area (Å²) in [5, 5.41) is 0. The Balaban J connectivity index is 0.00000160. The van der Waals surface area contributed by atoms with Gasteiger partial charge in [0.05, 0.1) is 0 Å². The van der Waals surface area contributed by atoms with Crippen molar-refractivity contribution in [1.29, 1.82) is 0 Å². The van der Waals surface area contributed by atoms with Gasteiger partial charge in [0.1, 0.15) is 0 Å². The van der Waals surface area contributed by atoms with E-state index in [-0.39, 0.29) is 44.0 Å². The molecule has 0 bridgehead atoms. The average Bonchev–Trinajstić information content (AvgIpc) is 3.39. The zero-order valence-corrected chi connectivity index (χ0v) is 27.7. The Bertz CT molecular complexity index is 1060. The number of hydrogen-bond acceptors (Lipinski definition) is 0. The molecule has 2 aromatic carbocycles. The van der Waals surface area contributed by atoms with Crippen molar-refractivity contribution >= 4 is 28.3 Å². The Kier molecular flexibility index (Phi) is 9.32. The van der Waals surface area contributed by atoms with Gasteiger partial charge in [-0.2, -0.15) is 0 Å². The van der Waals surface area contributed by atoms with Gasteiger partial charge in [0.15, 0.2) is 0 Å². The van der Waals surface area contributed by atoms with Crippen LogP contribution < -0.4 is 24.8 Å². The summed E-state index contributed by atoms with van der Waals surface area (Å²) >= 11 is -0.312. The van der Waals surface area contributed by atoms with Gasteiger partial charge in [-0.25, -0.2) is 0 Å². The van der Waals surface area contributed by atoms with E-state index in [0.29, 0.717) is 6.69 Å². The fraction of sp³-hybridized carbons (Fsp3) is 0.500. The van der Waals surface area contributed by atoms with Crippen LogP contribution in [0.3, 0.4) is 0 Å². The standard InChI is InChI=1S/2C16H21Si.2ClH.Ti/c2*1-2-3-11-17(12-6-13-17)16-10-9-14-7-4-5-8-15(14)16;;;/h2*4-5,7-10H,2-3,6,11-13H2,1H3;2*1H;/q;;;;+2/p-2. The zero-order chi connectivity index (χ0) is 24.0. The molecule has 37 heavy (non-hydrogen) atoms. The van der Waals surface area contributed by atoms with Crippen LogP contribution in [0, 0.1) is 0 Å². The second kappa shape index (κ2) is 11.6. The predicted molar refractivity (Wildman–Crippen MR) is 154 cm³/mol. The van der Waals surface area contributed by atoms with Crippen LogP contribution in [0.1, 0.15) is 74.6 Å². The van der Waals surface area contributed by atoms with Crippen molar-refractivity contribution in [2.75, 3.05) is 0 Å². The Morgan fingerprint density at radius 3 is 1.41 bits per heavy atom. The molecule has 5 heteroatoms. The molecular formula is C32H42Cl2Si2Ti. The van der Waals surface area contributed by atoms with Crippen molar-refractivity contribution < 1.29 is 44.0 Å². The maximum atomic E-state index is 2.86. The van der Waals surface area contributed by atoms with Gasteiger partial charge in [-0.3, -0.25) is 0 Å². The molecule has 196 valence electrons. The Morgan fingerprint density at radius 2 is 1.05 bits per heavy atom. The van der Waals surface area contributed by atoms with E-state index in [4.69, 9.17) is 0 Å². The first-order valence-corrected chi connectivity index (χ1v) is 21.3. The second-order valence-corrected chi connectivity index (χ2v) is 26.2. The maximum absolute atomic E-state index is 2.86. The molecular weight excluding hydrogens is 559 g/mol. The van der Waals surface area contributed by atoms with Crippen molar-refractivity contribution in [2.24, 2.45) is 0 Å². The molecule has 0 saturated carbocycles. The predicted octanol–water partition coefficient (Wildman–Crippen LogP) is 3.31. The molecule has 2 fully saturated rings. The molecule has 2 heterocycles. The van der Waals surface area contributed by atoms with Gasteiger partial charge < -0.3 is 24.8 Å². The number of rotatable bonds is 10. The minimum atomic E-state index is -1.41. The van der Waals surface area contributed by atoms with E-state index < -0.39 is 16.1 Å². The fourth-order valence-electron chi connectivity index (χ4n) is 8.25. The molecule has 2 aromatic rings. The molecule has 0 N–H and O–H groups in total. The number of benzene rings is 2. The number of unbranched alkanes of at least 4 members (excludes halogenated alkanes) is 2. The summed E-state index contributed by atoms with van der Waals surface area (Å²) < 4.78 is 0.890. The molecule has 0 radical (unpaired) electrons. The third-order valence-corrected chi connectivity index (χ3v) is 31.2. The smallest absolute Gasteiger partial charge is 1.00 e. The Morgan fingerprint density at radius 1 is 0.649 bits per heavy atom. The van der Waals surface area contributed by atoms with Crippen molar-refractivity contribution in [3.05, 3.63) is 82.9 Å². The monoisotopic (exact) mass is 600 g/mol. The number of hydrogen-bond donors (Lipinski definition) is 0. The maximum Gasteiger partial charge on any atom is -1.00 e. The van der Waals surface area contributed by atoms with E-state index in [0.717, 1.165) is 0 Å². The van der Waals surface area contributed by atoms with Crippen molar-refractivity contribution in [3.8, 4) is 0 Å². The van der Waals surface area contributed by atoms with Gasteiger partial charge in [0.25, 0.3) is 0 Å². The molecule has 6 rings (SSSR count). The van der Waals surface area contributed by atoms with Crippen LogP contribution >= 0.6 is 0 Å². The zero-order valence-electron chi connectivity index (χ0n) is 22.7. The number of halogens is 2. The van der Waals surface area contributed by atoms with Gasteiger partial charge in [-0.15, -0.1) is 0 Å². The van der Waals surface area contributed by atoms with Crippen LogP contribution in [0.5, 0.6) is 0 Å². The third kappa shape index (κ3) is 4.41. The van der Waals surface area contributed by atoms with Gasteiger partial charge in [0, 0.05) is 0 Å². The summed E-state index contributed by atoms with van der Waals surface area (Å²) in [5.41, 5.74) is 6.68. The molecule has 2 unspecified atom stereocenters. The second-order valence-electron chi connectivity index (χ2n) is 12.1. The molecule has 2 saturated heterocycles. The third-order valence-electron chi connectivity index (χ3n) is 10.5. The Labute approximate surface area is 249 Å². The van der Waals surface area contributed by atoms with E-state index in [1.54, 1.807) is 58.5 Å². The van der Waals surface area contributed by atoms with Crippen LogP contribution in [0.4, 0.5) is 0 Å². The van der Waals surface area contributed by atoms with Crippen LogP contribution in [-0.2, 0) is 25.8 Å². The summed E-state index contributed by atoms with van der Waals surface area (Å²) in [7, 11) is -2.82. The molecule has 0 amide bonds. The summed E-state index contributed by atoms with van der Waals surface area (Å²) in [6.45, 7) is 4.83. The van der Waals surface area contributed by atoms with Gasteiger partial charge in [-0.1, -0.05) is 0 Å². The quantitative estimate of drug-likeness (QED) is 0.367. The van der Waals surface area contributed by atoms with Gasteiger partial charge >= 0.3 is 226 Å². The average molecular weight is 602 g/mol. The van der Waals surface area contributed by atoms with E-state index in [1.165, 1.54) is 38.5 Å². The molecule has 0 spiro atoms. The minimum Gasteiger partial charge on any atom is -1.00 e. The minimum absolute atomic E-state index is 0. The molecule has 2 aliphatic carbocycles. The van der Waals surface area contributed by atoms with E-state index in [1.807, 2.05) is 0 Å². The molecule has 0 nitrogen and oxygen atoms in total. The summed E-state index contributed by atoms with van der Waals surface area (Å²) in [4.78, 5) is 0. The van der Waals surface area contributed by atoms with Crippen molar-refractivity contribution in [2.45, 2.75) is 95.3 Å². The van der Waals surface area contributed by atoms with Crippen LogP contribution in [0.25, 0.3) is 12.2 Å². The first-order chi connectivity index (χ1) is 17.1. The van der Waals surface area contributed by atoms with Crippen LogP contribution in [-0.4, -0.2) is 16.1 Å². The topological polar surface area (TPSA) is 0 Å². The summed E-state index contributed by atoms with van der Waals surface area (Å²) in [5.74, 6) is 0. The van der Waals surface area contributed by atoms with E-state index >= 15 is 0 Å². The molecule has 2 aliphatic heterocycles. The molecule has 2 atom stereocenters. The van der Waals surface area contributed by atoms with Crippen molar-refractivity contribution in [3.63, 3.8) is 0 Å². The van der Waals surface area contributed by atoms with E-state index in [9.17, 15) is 0 Å².